The van der Waals surface area contributed by atoms with Crippen LogP contribution in [0.5, 0.6) is 0 Å². The first-order valence-corrected chi connectivity index (χ1v) is 6.08. The Balaban J connectivity index is 1.95. The van der Waals surface area contributed by atoms with Crippen molar-refractivity contribution in [2.75, 3.05) is 13.1 Å². The van der Waals surface area contributed by atoms with Gasteiger partial charge < -0.3 is 9.73 Å². The number of halogens is 1. The van der Waals surface area contributed by atoms with Gasteiger partial charge in [0.2, 0.25) is 11.8 Å². The minimum Gasteiger partial charge on any atom is -0.421 e. The maximum atomic E-state index is 12.8. The van der Waals surface area contributed by atoms with Crippen LogP contribution in [0.4, 0.5) is 4.39 Å². The predicted octanol–water partition coefficient (Wildman–Crippen LogP) is 2.42. The standard InChI is InChI=1S/C13H16FN3O/c1-2-15-9-3-4-12-16-17-13(18-12)10-5-7-11(14)8-6-10/h5-8,15H,2-4,9H2,1H3. The van der Waals surface area contributed by atoms with Crippen LogP contribution in [0.15, 0.2) is 28.7 Å². The van der Waals surface area contributed by atoms with E-state index in [1.165, 1.54) is 12.1 Å². The molecule has 1 N–H and O–H groups in total. The maximum Gasteiger partial charge on any atom is 0.247 e. The van der Waals surface area contributed by atoms with E-state index in [2.05, 4.69) is 22.4 Å². The van der Waals surface area contributed by atoms with E-state index in [4.69, 9.17) is 4.42 Å². The number of rotatable bonds is 6. The van der Waals surface area contributed by atoms with E-state index in [9.17, 15) is 4.39 Å². The molecule has 0 amide bonds. The number of hydrogen-bond donors (Lipinski definition) is 1. The van der Waals surface area contributed by atoms with Gasteiger partial charge in [0, 0.05) is 12.0 Å². The summed E-state index contributed by atoms with van der Waals surface area (Å²) in [6.45, 7) is 3.97. The van der Waals surface area contributed by atoms with Crippen molar-refractivity contribution < 1.29 is 8.81 Å². The molecule has 0 saturated heterocycles. The molecule has 1 heterocycles. The van der Waals surface area contributed by atoms with Crippen LogP contribution in [0.1, 0.15) is 19.2 Å². The van der Waals surface area contributed by atoms with Crippen molar-refractivity contribution >= 4 is 0 Å². The van der Waals surface area contributed by atoms with Gasteiger partial charge in [-0.1, -0.05) is 6.92 Å². The third-order valence-electron chi connectivity index (χ3n) is 2.55. The highest BCUT2D eigenvalue weighted by atomic mass is 19.1. The average molecular weight is 249 g/mol. The number of nitrogens with one attached hydrogen (secondary N) is 1. The number of aryl methyl sites for hydroxylation is 1. The van der Waals surface area contributed by atoms with E-state index >= 15 is 0 Å². The summed E-state index contributed by atoms with van der Waals surface area (Å²) < 4.78 is 18.3. The number of benzene rings is 1. The maximum absolute atomic E-state index is 12.8. The average Bonchev–Trinajstić information content (AvgIpc) is 2.84. The van der Waals surface area contributed by atoms with Crippen LogP contribution >= 0.6 is 0 Å². The molecule has 0 unspecified atom stereocenters. The van der Waals surface area contributed by atoms with Crippen LogP contribution in [-0.2, 0) is 6.42 Å². The van der Waals surface area contributed by atoms with Crippen molar-refractivity contribution in [3.8, 4) is 11.5 Å². The fourth-order valence-corrected chi connectivity index (χ4v) is 1.61. The SMILES string of the molecule is CCNCCCc1nnc(-c2ccc(F)cc2)o1. The topological polar surface area (TPSA) is 51.0 Å². The summed E-state index contributed by atoms with van der Waals surface area (Å²) in [5.41, 5.74) is 0.738. The lowest BCUT2D eigenvalue weighted by molar-refractivity contribution is 0.492. The van der Waals surface area contributed by atoms with Crippen LogP contribution in [0.3, 0.4) is 0 Å². The minimum atomic E-state index is -0.274. The van der Waals surface area contributed by atoms with Gasteiger partial charge in [0.15, 0.2) is 0 Å². The van der Waals surface area contributed by atoms with Crippen molar-refractivity contribution in [3.63, 3.8) is 0 Å². The van der Waals surface area contributed by atoms with E-state index in [0.29, 0.717) is 11.8 Å². The monoisotopic (exact) mass is 249 g/mol. The van der Waals surface area contributed by atoms with Gasteiger partial charge in [-0.3, -0.25) is 0 Å². The van der Waals surface area contributed by atoms with E-state index in [-0.39, 0.29) is 5.82 Å². The molecular formula is C13H16FN3O. The summed E-state index contributed by atoms with van der Waals surface area (Å²) in [6.07, 6.45) is 1.71. The van der Waals surface area contributed by atoms with Gasteiger partial charge in [0.25, 0.3) is 0 Å². The van der Waals surface area contributed by atoms with Gasteiger partial charge in [-0.15, -0.1) is 10.2 Å². The first-order chi connectivity index (χ1) is 8.79. The van der Waals surface area contributed by atoms with Crippen LogP contribution < -0.4 is 5.32 Å². The molecule has 4 nitrogen and oxygen atoms in total. The Hall–Kier alpha value is -1.75. The Kier molecular flexibility index (Phi) is 4.41. The molecule has 0 radical (unpaired) electrons. The van der Waals surface area contributed by atoms with Gasteiger partial charge in [-0.2, -0.15) is 0 Å². The van der Waals surface area contributed by atoms with E-state index in [1.807, 2.05) is 0 Å². The molecule has 1 aromatic heterocycles. The molecule has 0 atom stereocenters. The lowest BCUT2D eigenvalue weighted by Gasteiger charge is -1.97. The quantitative estimate of drug-likeness (QED) is 0.799. The smallest absolute Gasteiger partial charge is 0.247 e. The molecule has 0 fully saturated rings. The first kappa shape index (κ1) is 12.7. The van der Waals surface area contributed by atoms with Crippen molar-refractivity contribution in [2.45, 2.75) is 19.8 Å². The zero-order chi connectivity index (χ0) is 12.8. The predicted molar refractivity (Wildman–Crippen MR) is 66.6 cm³/mol. The van der Waals surface area contributed by atoms with Crippen molar-refractivity contribution in [3.05, 3.63) is 36.0 Å². The molecule has 2 rings (SSSR count). The zero-order valence-corrected chi connectivity index (χ0v) is 10.3. The van der Waals surface area contributed by atoms with Gasteiger partial charge in [0.05, 0.1) is 0 Å². The van der Waals surface area contributed by atoms with Gasteiger partial charge >= 0.3 is 0 Å². The second kappa shape index (κ2) is 6.26. The molecule has 0 aliphatic carbocycles. The highest BCUT2D eigenvalue weighted by Crippen LogP contribution is 2.18. The molecule has 18 heavy (non-hydrogen) atoms. The lowest BCUT2D eigenvalue weighted by Crippen LogP contribution is -2.14. The summed E-state index contributed by atoms with van der Waals surface area (Å²) in [4.78, 5) is 0. The Morgan fingerprint density at radius 3 is 2.72 bits per heavy atom. The van der Waals surface area contributed by atoms with E-state index < -0.39 is 0 Å². The largest absolute Gasteiger partial charge is 0.421 e. The molecule has 2 aromatic rings. The fraction of sp³-hybridized carbons (Fsp3) is 0.385. The van der Waals surface area contributed by atoms with Crippen LogP contribution in [0.25, 0.3) is 11.5 Å². The lowest BCUT2D eigenvalue weighted by atomic mass is 10.2. The summed E-state index contributed by atoms with van der Waals surface area (Å²) >= 11 is 0. The molecule has 0 spiro atoms. The Labute approximate surface area is 105 Å². The van der Waals surface area contributed by atoms with Crippen molar-refractivity contribution in [1.82, 2.24) is 15.5 Å². The second-order valence-corrected chi connectivity index (χ2v) is 3.96. The number of nitrogens with zero attached hydrogens (tertiary/aromatic N) is 2. The third kappa shape index (κ3) is 3.37. The molecule has 1 aromatic carbocycles. The molecular weight excluding hydrogens is 233 g/mol. The van der Waals surface area contributed by atoms with Crippen molar-refractivity contribution in [2.24, 2.45) is 0 Å². The number of hydrogen-bond acceptors (Lipinski definition) is 4. The second-order valence-electron chi connectivity index (χ2n) is 3.96. The fourth-order valence-electron chi connectivity index (χ4n) is 1.61. The molecule has 5 heteroatoms. The Morgan fingerprint density at radius 2 is 2.00 bits per heavy atom. The van der Waals surface area contributed by atoms with Crippen LogP contribution in [0, 0.1) is 5.82 Å². The number of aromatic nitrogens is 2. The van der Waals surface area contributed by atoms with Gasteiger partial charge in [-0.25, -0.2) is 4.39 Å². The van der Waals surface area contributed by atoms with Crippen LogP contribution in [-0.4, -0.2) is 23.3 Å². The van der Waals surface area contributed by atoms with E-state index in [1.54, 1.807) is 12.1 Å². The van der Waals surface area contributed by atoms with E-state index in [0.717, 1.165) is 31.5 Å². The summed E-state index contributed by atoms with van der Waals surface area (Å²) in [5, 5.41) is 11.2. The first-order valence-electron chi connectivity index (χ1n) is 6.08. The van der Waals surface area contributed by atoms with Crippen LogP contribution in [0.2, 0.25) is 0 Å². The highest BCUT2D eigenvalue weighted by Gasteiger charge is 2.08. The van der Waals surface area contributed by atoms with Gasteiger partial charge in [0.1, 0.15) is 5.82 Å². The summed E-state index contributed by atoms with van der Waals surface area (Å²) in [6, 6.07) is 6.02. The summed E-state index contributed by atoms with van der Waals surface area (Å²) in [7, 11) is 0. The minimum absolute atomic E-state index is 0.274. The zero-order valence-electron chi connectivity index (χ0n) is 10.3. The third-order valence-corrected chi connectivity index (χ3v) is 2.55. The Bertz CT molecular complexity index is 481. The Morgan fingerprint density at radius 1 is 1.22 bits per heavy atom. The molecule has 0 aliphatic rings. The molecule has 0 bridgehead atoms. The van der Waals surface area contributed by atoms with Crippen molar-refractivity contribution in [1.29, 1.82) is 0 Å². The van der Waals surface area contributed by atoms with Gasteiger partial charge in [-0.05, 0) is 43.8 Å². The molecule has 0 aliphatic heterocycles. The summed E-state index contributed by atoms with van der Waals surface area (Å²) in [5.74, 6) is 0.782. The molecule has 0 saturated carbocycles. The normalized spacial score (nSPS) is 10.8. The highest BCUT2D eigenvalue weighted by molar-refractivity contribution is 5.51. The molecule has 96 valence electrons.